The summed E-state index contributed by atoms with van der Waals surface area (Å²) >= 11 is 0. The molecule has 2 aromatic carbocycles. The lowest BCUT2D eigenvalue weighted by Crippen LogP contribution is -2.30. The first-order valence-electron chi connectivity index (χ1n) is 9.22. The molecule has 0 amide bonds. The van der Waals surface area contributed by atoms with Crippen LogP contribution in [0, 0.1) is 0 Å². The number of nitrogens with zero attached hydrogens (tertiary/aromatic N) is 2. The second-order valence-corrected chi connectivity index (χ2v) is 7.63. The van der Waals surface area contributed by atoms with E-state index in [0.717, 1.165) is 34.4 Å². The smallest absolute Gasteiger partial charge is 0.168 e. The molecule has 2 heterocycles. The van der Waals surface area contributed by atoms with Gasteiger partial charge in [-0.1, -0.05) is 54.6 Å². The van der Waals surface area contributed by atoms with E-state index in [2.05, 4.69) is 43.1 Å². The van der Waals surface area contributed by atoms with E-state index in [0.29, 0.717) is 6.42 Å². The lowest BCUT2D eigenvalue weighted by Gasteiger charge is -2.29. The zero-order chi connectivity index (χ0) is 18.9. The summed E-state index contributed by atoms with van der Waals surface area (Å²) in [5.41, 5.74) is 5.98. The van der Waals surface area contributed by atoms with Gasteiger partial charge in [0.1, 0.15) is 0 Å². The number of ketones is 1. The van der Waals surface area contributed by atoms with Crippen molar-refractivity contribution in [1.29, 1.82) is 0 Å². The van der Waals surface area contributed by atoms with E-state index in [4.69, 9.17) is 4.99 Å². The largest absolute Gasteiger partial charge is 0.294 e. The number of fused-ring (bicyclic) bond motifs is 1. The Morgan fingerprint density at radius 3 is 2.56 bits per heavy atom. The Bertz CT molecular complexity index is 1010. The molecule has 4 rings (SSSR count). The molecule has 0 unspecified atom stereocenters. The molecule has 0 fully saturated rings. The summed E-state index contributed by atoms with van der Waals surface area (Å²) in [6, 6.07) is 19.9. The van der Waals surface area contributed by atoms with Crippen molar-refractivity contribution in [1.82, 2.24) is 4.98 Å². The van der Waals surface area contributed by atoms with E-state index in [9.17, 15) is 4.79 Å². The maximum Gasteiger partial charge on any atom is 0.168 e. The van der Waals surface area contributed by atoms with Crippen molar-refractivity contribution < 1.29 is 4.79 Å². The average Bonchev–Trinajstić information content (AvgIpc) is 2.68. The first-order valence-corrected chi connectivity index (χ1v) is 9.22. The molecule has 1 aliphatic heterocycles. The van der Waals surface area contributed by atoms with Crippen LogP contribution in [0.3, 0.4) is 0 Å². The summed E-state index contributed by atoms with van der Waals surface area (Å²) in [6.45, 7) is 4.25. The second kappa shape index (κ2) is 6.92. The van der Waals surface area contributed by atoms with Crippen molar-refractivity contribution in [3.8, 4) is 11.1 Å². The molecule has 134 valence electrons. The number of rotatable bonds is 4. The molecule has 0 bridgehead atoms. The zero-order valence-corrected chi connectivity index (χ0v) is 15.6. The molecule has 3 aromatic rings. The van der Waals surface area contributed by atoms with Gasteiger partial charge in [0.15, 0.2) is 5.78 Å². The highest BCUT2D eigenvalue weighted by Gasteiger charge is 2.28. The van der Waals surface area contributed by atoms with Gasteiger partial charge in [-0.15, -0.1) is 0 Å². The van der Waals surface area contributed by atoms with Gasteiger partial charge in [-0.3, -0.25) is 14.8 Å². The Hall–Kier alpha value is -3.07. The summed E-state index contributed by atoms with van der Waals surface area (Å²) in [5, 5.41) is 0. The van der Waals surface area contributed by atoms with Gasteiger partial charge < -0.3 is 0 Å². The van der Waals surface area contributed by atoms with Gasteiger partial charge in [0.2, 0.25) is 0 Å². The molecule has 0 N–H and O–H groups in total. The number of aliphatic imine (C=N–C) groups is 1. The summed E-state index contributed by atoms with van der Waals surface area (Å²) in [4.78, 5) is 21.9. The lowest BCUT2D eigenvalue weighted by molar-refractivity contribution is 0.100. The van der Waals surface area contributed by atoms with Gasteiger partial charge in [-0.2, -0.15) is 0 Å². The highest BCUT2D eigenvalue weighted by Crippen LogP contribution is 2.31. The molecule has 1 aromatic heterocycles. The molecule has 0 spiro atoms. The third-order valence-electron chi connectivity index (χ3n) is 4.90. The standard InChI is InChI=1S/C24H22N2O/c1-24(2)15-20-13-18(19-9-6-12-25-16-19)10-11-21(20)22(26-24)14-23(27)17-7-4-3-5-8-17/h3-13,16H,14-15H2,1-2H3. The number of hydrogen-bond acceptors (Lipinski definition) is 3. The lowest BCUT2D eigenvalue weighted by atomic mass is 9.84. The SMILES string of the molecule is CC1(C)Cc2cc(-c3cccnc3)ccc2C(CC(=O)c2ccccc2)=N1. The number of hydrogen-bond donors (Lipinski definition) is 0. The maximum atomic E-state index is 12.7. The third kappa shape index (κ3) is 3.72. The molecule has 0 atom stereocenters. The van der Waals surface area contributed by atoms with E-state index >= 15 is 0 Å². The first kappa shape index (κ1) is 17.3. The number of Topliss-reactive ketones (excluding diaryl/α,β-unsaturated/α-hetero) is 1. The molecule has 0 aliphatic carbocycles. The molecule has 0 saturated carbocycles. The van der Waals surface area contributed by atoms with Crippen LogP contribution >= 0.6 is 0 Å². The quantitative estimate of drug-likeness (QED) is 0.608. The molecule has 0 radical (unpaired) electrons. The van der Waals surface area contributed by atoms with Crippen LogP contribution in [0.5, 0.6) is 0 Å². The van der Waals surface area contributed by atoms with Gasteiger partial charge >= 0.3 is 0 Å². The Morgan fingerprint density at radius 2 is 1.81 bits per heavy atom. The molecule has 1 aliphatic rings. The zero-order valence-electron chi connectivity index (χ0n) is 15.6. The van der Waals surface area contributed by atoms with E-state index in [1.54, 1.807) is 6.20 Å². The van der Waals surface area contributed by atoms with Crippen molar-refractivity contribution in [2.24, 2.45) is 4.99 Å². The van der Waals surface area contributed by atoms with Crippen molar-refractivity contribution in [2.45, 2.75) is 32.2 Å². The second-order valence-electron chi connectivity index (χ2n) is 7.63. The van der Waals surface area contributed by atoms with Crippen molar-refractivity contribution in [2.75, 3.05) is 0 Å². The predicted molar refractivity (Wildman–Crippen MR) is 109 cm³/mol. The molecular weight excluding hydrogens is 332 g/mol. The predicted octanol–water partition coefficient (Wildman–Crippen LogP) is 5.15. The van der Waals surface area contributed by atoms with Crippen LogP contribution in [-0.2, 0) is 6.42 Å². The first-order chi connectivity index (χ1) is 13.0. The minimum atomic E-state index is -0.215. The fraction of sp³-hybridized carbons (Fsp3) is 0.208. The highest BCUT2D eigenvalue weighted by atomic mass is 16.1. The summed E-state index contributed by atoms with van der Waals surface area (Å²) in [6.07, 6.45) is 4.85. The van der Waals surface area contributed by atoms with E-state index < -0.39 is 0 Å². The Balaban J connectivity index is 1.70. The molecule has 3 nitrogen and oxygen atoms in total. The van der Waals surface area contributed by atoms with Crippen LogP contribution in [0.2, 0.25) is 0 Å². The normalized spacial score (nSPS) is 15.0. The Labute approximate surface area is 159 Å². The highest BCUT2D eigenvalue weighted by molar-refractivity contribution is 6.17. The van der Waals surface area contributed by atoms with Crippen LogP contribution in [0.1, 0.15) is 41.8 Å². The minimum absolute atomic E-state index is 0.106. The van der Waals surface area contributed by atoms with Crippen LogP contribution in [0.15, 0.2) is 78.0 Å². The monoisotopic (exact) mass is 354 g/mol. The minimum Gasteiger partial charge on any atom is -0.294 e. The fourth-order valence-corrected chi connectivity index (χ4v) is 3.68. The molecule has 27 heavy (non-hydrogen) atoms. The molecular formula is C24H22N2O. The molecule has 3 heteroatoms. The summed E-state index contributed by atoms with van der Waals surface area (Å²) in [5.74, 6) is 0.106. The number of carbonyl (C=O) groups excluding carboxylic acids is 1. The van der Waals surface area contributed by atoms with E-state index in [1.807, 2.05) is 42.6 Å². The number of carbonyl (C=O) groups is 1. The number of aromatic nitrogens is 1. The maximum absolute atomic E-state index is 12.7. The van der Waals surface area contributed by atoms with Gasteiger partial charge in [0, 0.05) is 18.0 Å². The van der Waals surface area contributed by atoms with Crippen LogP contribution in [0.25, 0.3) is 11.1 Å². The van der Waals surface area contributed by atoms with E-state index in [-0.39, 0.29) is 11.3 Å². The summed E-state index contributed by atoms with van der Waals surface area (Å²) < 4.78 is 0. The van der Waals surface area contributed by atoms with E-state index in [1.165, 1.54) is 5.56 Å². The summed E-state index contributed by atoms with van der Waals surface area (Å²) in [7, 11) is 0. The average molecular weight is 354 g/mol. The third-order valence-corrected chi connectivity index (χ3v) is 4.90. The van der Waals surface area contributed by atoms with Gasteiger partial charge in [-0.05, 0) is 48.6 Å². The molecule has 0 saturated heterocycles. The van der Waals surface area contributed by atoms with Crippen LogP contribution in [-0.4, -0.2) is 22.0 Å². The van der Waals surface area contributed by atoms with Crippen molar-refractivity contribution in [3.63, 3.8) is 0 Å². The van der Waals surface area contributed by atoms with Gasteiger partial charge in [0.25, 0.3) is 0 Å². The number of pyridine rings is 1. The van der Waals surface area contributed by atoms with Gasteiger partial charge in [-0.25, -0.2) is 0 Å². The number of benzene rings is 2. The fourth-order valence-electron chi connectivity index (χ4n) is 3.68. The Morgan fingerprint density at radius 1 is 1.00 bits per heavy atom. The Kier molecular flexibility index (Phi) is 4.44. The van der Waals surface area contributed by atoms with Crippen LogP contribution < -0.4 is 0 Å². The van der Waals surface area contributed by atoms with Crippen LogP contribution in [0.4, 0.5) is 0 Å². The van der Waals surface area contributed by atoms with Crippen molar-refractivity contribution >= 4 is 11.5 Å². The van der Waals surface area contributed by atoms with Gasteiger partial charge in [0.05, 0.1) is 17.7 Å². The topological polar surface area (TPSA) is 42.3 Å². The van der Waals surface area contributed by atoms with Crippen molar-refractivity contribution in [3.05, 3.63) is 89.7 Å².